The fourth-order valence-electron chi connectivity index (χ4n) is 1.51. The van der Waals surface area contributed by atoms with Gasteiger partial charge in [-0.15, -0.1) is 0 Å². The highest BCUT2D eigenvalue weighted by Gasteiger charge is 2.40. The summed E-state index contributed by atoms with van der Waals surface area (Å²) in [7, 11) is 1.04. The first-order chi connectivity index (χ1) is 9.05. The lowest BCUT2D eigenvalue weighted by Crippen LogP contribution is -2.30. The van der Waals surface area contributed by atoms with Crippen LogP contribution in [0.2, 0.25) is 0 Å². The number of ether oxygens (including phenoxy) is 1. The Labute approximate surface area is 110 Å². The zero-order valence-electron chi connectivity index (χ0n) is 10.2. The number of hydrogen-bond donors (Lipinski definition) is 1. The topological polar surface area (TPSA) is 42.4 Å². The third-order valence-corrected chi connectivity index (χ3v) is 2.55. The third kappa shape index (κ3) is 4.34. The Hall–Kier alpha value is -1.35. The van der Waals surface area contributed by atoms with Crippen LogP contribution in [-0.2, 0) is 10.9 Å². The van der Waals surface area contributed by atoms with Crippen LogP contribution in [0.5, 0.6) is 0 Å². The molecule has 0 spiro atoms. The van der Waals surface area contributed by atoms with Gasteiger partial charge < -0.3 is 9.84 Å². The number of hydrogen-bond acceptors (Lipinski definition) is 3. The number of pyridine rings is 1. The summed E-state index contributed by atoms with van der Waals surface area (Å²) >= 11 is 0. The molecule has 1 N–H and O–H groups in total. The molecule has 1 rings (SSSR count). The highest BCUT2D eigenvalue weighted by atomic mass is 19.4. The molecule has 0 radical (unpaired) electrons. The van der Waals surface area contributed by atoms with Gasteiger partial charge in [0.05, 0.1) is 6.10 Å². The molecule has 0 fully saturated rings. The van der Waals surface area contributed by atoms with E-state index in [0.717, 1.165) is 19.4 Å². The monoisotopic (exact) mass is 303 g/mol. The van der Waals surface area contributed by atoms with E-state index in [1.165, 1.54) is 0 Å². The third-order valence-electron chi connectivity index (χ3n) is 2.55. The Morgan fingerprint density at radius 1 is 1.25 bits per heavy atom. The summed E-state index contributed by atoms with van der Waals surface area (Å²) in [6.45, 7) is 0. The van der Waals surface area contributed by atoms with E-state index in [4.69, 9.17) is 9.84 Å². The summed E-state index contributed by atoms with van der Waals surface area (Å²) in [6, 6.07) is 1.70. The van der Waals surface area contributed by atoms with Crippen molar-refractivity contribution in [2.45, 2.75) is 31.0 Å². The van der Waals surface area contributed by atoms with Gasteiger partial charge in [-0.25, -0.2) is 0 Å². The van der Waals surface area contributed by atoms with Crippen LogP contribution in [0.15, 0.2) is 18.3 Å². The molecule has 2 unspecified atom stereocenters. The molecule has 1 aromatic heterocycles. The molecular formula is C11H11F6NO2. The predicted molar refractivity (Wildman–Crippen MR) is 55.7 cm³/mol. The van der Waals surface area contributed by atoms with E-state index in [1.54, 1.807) is 0 Å². The molecule has 0 bridgehead atoms. The summed E-state index contributed by atoms with van der Waals surface area (Å²) in [6.07, 6.45) is -13.7. The quantitative estimate of drug-likeness (QED) is 0.869. The fourth-order valence-corrected chi connectivity index (χ4v) is 1.51. The molecule has 0 saturated carbocycles. The lowest BCUT2D eigenvalue weighted by Gasteiger charge is -2.21. The van der Waals surface area contributed by atoms with E-state index in [9.17, 15) is 26.3 Å². The Morgan fingerprint density at radius 2 is 1.85 bits per heavy atom. The van der Waals surface area contributed by atoms with Crippen molar-refractivity contribution in [3.05, 3.63) is 29.6 Å². The van der Waals surface area contributed by atoms with Gasteiger partial charge in [0, 0.05) is 19.7 Å². The normalized spacial score (nSPS) is 16.0. The van der Waals surface area contributed by atoms with E-state index in [-0.39, 0.29) is 5.56 Å². The van der Waals surface area contributed by atoms with Crippen molar-refractivity contribution in [3.8, 4) is 0 Å². The van der Waals surface area contributed by atoms with Crippen molar-refractivity contribution in [2.75, 3.05) is 7.11 Å². The average molecular weight is 303 g/mol. The van der Waals surface area contributed by atoms with E-state index in [1.807, 2.05) is 0 Å². The summed E-state index contributed by atoms with van der Waals surface area (Å²) in [4.78, 5) is 3.09. The molecule has 2 atom stereocenters. The first-order valence-electron chi connectivity index (χ1n) is 5.36. The first-order valence-corrected chi connectivity index (χ1v) is 5.36. The van der Waals surface area contributed by atoms with Crippen LogP contribution in [0.1, 0.15) is 23.8 Å². The highest BCUT2D eigenvalue weighted by molar-refractivity contribution is 5.21. The predicted octanol–water partition coefficient (Wildman–Crippen LogP) is 3.10. The minimum Gasteiger partial charge on any atom is -0.384 e. The van der Waals surface area contributed by atoms with Crippen LogP contribution in [0.4, 0.5) is 26.3 Å². The van der Waals surface area contributed by atoms with Crippen LogP contribution >= 0.6 is 0 Å². The molecule has 0 aliphatic carbocycles. The zero-order chi connectivity index (χ0) is 15.6. The second-order valence-corrected chi connectivity index (χ2v) is 3.99. The van der Waals surface area contributed by atoms with Crippen molar-refractivity contribution >= 4 is 0 Å². The number of aromatic nitrogens is 1. The molecule has 3 nitrogen and oxygen atoms in total. The fraction of sp³-hybridized carbons (Fsp3) is 0.545. The number of aliphatic hydroxyl groups is 1. The van der Waals surface area contributed by atoms with Gasteiger partial charge in [0.25, 0.3) is 0 Å². The molecule has 114 valence electrons. The van der Waals surface area contributed by atoms with Gasteiger partial charge in [0.15, 0.2) is 6.10 Å². The van der Waals surface area contributed by atoms with Gasteiger partial charge >= 0.3 is 12.4 Å². The molecule has 0 saturated heterocycles. The molecule has 0 aromatic carbocycles. The molecule has 20 heavy (non-hydrogen) atoms. The molecule has 0 aliphatic heterocycles. The Kier molecular flexibility index (Phi) is 4.98. The summed E-state index contributed by atoms with van der Waals surface area (Å²) in [5.41, 5.74) is -1.38. The van der Waals surface area contributed by atoms with Crippen LogP contribution in [0, 0.1) is 0 Å². The lowest BCUT2D eigenvalue weighted by molar-refractivity contribution is -0.212. The largest absolute Gasteiger partial charge is 0.433 e. The smallest absolute Gasteiger partial charge is 0.384 e. The van der Waals surface area contributed by atoms with E-state index >= 15 is 0 Å². The first kappa shape index (κ1) is 16.7. The number of alkyl halides is 6. The van der Waals surface area contributed by atoms with Crippen molar-refractivity contribution in [1.29, 1.82) is 0 Å². The van der Waals surface area contributed by atoms with Gasteiger partial charge in [-0.2, -0.15) is 26.3 Å². The summed E-state index contributed by atoms with van der Waals surface area (Å²) in [5.74, 6) is 0. The van der Waals surface area contributed by atoms with E-state index in [2.05, 4.69) is 4.98 Å². The molecule has 0 amide bonds. The highest BCUT2D eigenvalue weighted by Crippen LogP contribution is 2.33. The maximum atomic E-state index is 12.5. The van der Waals surface area contributed by atoms with Crippen LogP contribution in [0.3, 0.4) is 0 Å². The molecule has 9 heteroatoms. The second-order valence-electron chi connectivity index (χ2n) is 3.99. The van der Waals surface area contributed by atoms with Crippen molar-refractivity contribution in [2.24, 2.45) is 0 Å². The standard InChI is InChI=1S/C11H11F6NO2/c1-20-7(5-9(19)11(15,16)17)6-2-3-18-8(4-6)10(12,13)14/h2-4,7,9,19H,5H2,1H3. The Morgan fingerprint density at radius 3 is 2.30 bits per heavy atom. The van der Waals surface area contributed by atoms with Crippen molar-refractivity contribution in [3.63, 3.8) is 0 Å². The number of halogens is 6. The van der Waals surface area contributed by atoms with Gasteiger partial charge in [0.1, 0.15) is 5.69 Å². The van der Waals surface area contributed by atoms with Crippen molar-refractivity contribution in [1.82, 2.24) is 4.98 Å². The van der Waals surface area contributed by atoms with E-state index in [0.29, 0.717) is 6.07 Å². The van der Waals surface area contributed by atoms with Crippen LogP contribution < -0.4 is 0 Å². The SMILES string of the molecule is COC(CC(O)C(F)(F)F)c1ccnc(C(F)(F)F)c1. The number of nitrogens with zero attached hydrogens (tertiary/aromatic N) is 1. The number of methoxy groups -OCH3 is 1. The zero-order valence-corrected chi connectivity index (χ0v) is 10.2. The molecule has 1 aromatic rings. The van der Waals surface area contributed by atoms with Crippen LogP contribution in [0.25, 0.3) is 0 Å². The van der Waals surface area contributed by atoms with Gasteiger partial charge in [-0.3, -0.25) is 4.98 Å². The summed E-state index contributed by atoms with van der Waals surface area (Å²) < 4.78 is 78.8. The summed E-state index contributed by atoms with van der Waals surface area (Å²) in [5, 5.41) is 8.93. The minimum atomic E-state index is -4.86. The minimum absolute atomic E-state index is 0.141. The maximum Gasteiger partial charge on any atom is 0.433 e. The van der Waals surface area contributed by atoms with Gasteiger partial charge in [-0.1, -0.05) is 0 Å². The Bertz CT molecular complexity index is 445. The number of aliphatic hydroxyl groups excluding tert-OH is 1. The number of rotatable bonds is 4. The molecule has 1 heterocycles. The molecule has 0 aliphatic rings. The van der Waals surface area contributed by atoms with Gasteiger partial charge in [0.2, 0.25) is 0 Å². The van der Waals surface area contributed by atoms with Crippen LogP contribution in [-0.4, -0.2) is 29.5 Å². The van der Waals surface area contributed by atoms with Gasteiger partial charge in [-0.05, 0) is 17.7 Å². The maximum absolute atomic E-state index is 12.5. The lowest BCUT2D eigenvalue weighted by atomic mass is 10.0. The second kappa shape index (κ2) is 5.96. The van der Waals surface area contributed by atoms with E-state index < -0.39 is 36.7 Å². The Balaban J connectivity index is 2.96. The average Bonchev–Trinajstić information content (AvgIpc) is 2.33. The van der Waals surface area contributed by atoms with Crippen molar-refractivity contribution < 1.29 is 36.2 Å². The molecular weight excluding hydrogens is 292 g/mol.